The van der Waals surface area contributed by atoms with E-state index in [0.717, 1.165) is 18.9 Å². The Bertz CT molecular complexity index is 199. The van der Waals surface area contributed by atoms with Gasteiger partial charge in [0.2, 0.25) is 0 Å². The van der Waals surface area contributed by atoms with Gasteiger partial charge in [-0.15, -0.1) is 0 Å². The van der Waals surface area contributed by atoms with Crippen molar-refractivity contribution in [3.63, 3.8) is 0 Å². The lowest BCUT2D eigenvalue weighted by Gasteiger charge is -2.35. The van der Waals surface area contributed by atoms with Crippen molar-refractivity contribution in [3.8, 4) is 0 Å². The zero-order valence-electron chi connectivity index (χ0n) is 9.87. The Hall–Kier alpha value is -0.0800. The van der Waals surface area contributed by atoms with Crippen molar-refractivity contribution in [2.75, 3.05) is 13.2 Å². The normalized spacial score (nSPS) is 38.4. The Morgan fingerprint density at radius 1 is 1.27 bits per heavy atom. The second-order valence-corrected chi connectivity index (χ2v) is 5.49. The Labute approximate surface area is 93.0 Å². The van der Waals surface area contributed by atoms with Crippen molar-refractivity contribution in [1.82, 2.24) is 0 Å². The monoisotopic (exact) mass is 212 g/mol. The average molecular weight is 212 g/mol. The molecule has 2 rings (SSSR count). The van der Waals surface area contributed by atoms with E-state index >= 15 is 0 Å². The maximum absolute atomic E-state index is 9.64. The summed E-state index contributed by atoms with van der Waals surface area (Å²) in [5.74, 6) is 0.843. The molecule has 1 N–H and O–H groups in total. The highest BCUT2D eigenvalue weighted by Crippen LogP contribution is 2.43. The third-order valence-electron chi connectivity index (χ3n) is 4.57. The zero-order valence-corrected chi connectivity index (χ0v) is 9.87. The maximum atomic E-state index is 9.64. The number of rotatable bonds is 3. The smallest absolute Gasteiger partial charge is 0.0626 e. The Morgan fingerprint density at radius 3 is 2.53 bits per heavy atom. The van der Waals surface area contributed by atoms with Gasteiger partial charge in [-0.3, -0.25) is 0 Å². The summed E-state index contributed by atoms with van der Waals surface area (Å²) in [6.45, 7) is 3.28. The Morgan fingerprint density at radius 2 is 2.00 bits per heavy atom. The van der Waals surface area contributed by atoms with Gasteiger partial charge in [0.25, 0.3) is 0 Å². The van der Waals surface area contributed by atoms with Crippen molar-refractivity contribution in [3.05, 3.63) is 0 Å². The molecule has 1 saturated carbocycles. The fourth-order valence-electron chi connectivity index (χ4n) is 3.33. The number of ether oxygens (including phenoxy) is 1. The SMILES string of the molecule is CC1OCCC1(CO)CC1CCCCC1. The van der Waals surface area contributed by atoms with E-state index in [9.17, 15) is 5.11 Å². The standard InChI is InChI=1S/C13H24O2/c1-11-13(10-14,7-8-15-11)9-12-5-3-2-4-6-12/h11-12,14H,2-10H2,1H3. The molecule has 2 atom stereocenters. The molecule has 0 aromatic carbocycles. The van der Waals surface area contributed by atoms with E-state index in [2.05, 4.69) is 6.92 Å². The predicted molar refractivity (Wildman–Crippen MR) is 60.7 cm³/mol. The van der Waals surface area contributed by atoms with Gasteiger partial charge in [0.15, 0.2) is 0 Å². The molecule has 0 aromatic heterocycles. The first-order chi connectivity index (χ1) is 7.27. The highest BCUT2D eigenvalue weighted by molar-refractivity contribution is 4.91. The molecule has 1 saturated heterocycles. The summed E-state index contributed by atoms with van der Waals surface area (Å²) >= 11 is 0. The third-order valence-corrected chi connectivity index (χ3v) is 4.57. The predicted octanol–water partition coefficient (Wildman–Crippen LogP) is 2.74. The molecule has 0 bridgehead atoms. The van der Waals surface area contributed by atoms with Crippen molar-refractivity contribution in [2.24, 2.45) is 11.3 Å². The molecule has 88 valence electrons. The first-order valence-electron chi connectivity index (χ1n) is 6.49. The fraction of sp³-hybridized carbons (Fsp3) is 1.00. The van der Waals surface area contributed by atoms with E-state index in [1.54, 1.807) is 0 Å². The van der Waals surface area contributed by atoms with Crippen LogP contribution in [0.2, 0.25) is 0 Å². The van der Waals surface area contributed by atoms with Gasteiger partial charge in [0, 0.05) is 12.0 Å². The summed E-state index contributed by atoms with van der Waals surface area (Å²) in [6.07, 6.45) is 9.43. The van der Waals surface area contributed by atoms with Crippen LogP contribution in [0.25, 0.3) is 0 Å². The molecular formula is C13H24O2. The summed E-state index contributed by atoms with van der Waals surface area (Å²) in [7, 11) is 0. The maximum Gasteiger partial charge on any atom is 0.0626 e. The van der Waals surface area contributed by atoms with E-state index in [4.69, 9.17) is 4.74 Å². The molecule has 15 heavy (non-hydrogen) atoms. The second kappa shape index (κ2) is 4.84. The molecule has 0 aromatic rings. The summed E-state index contributed by atoms with van der Waals surface area (Å²) in [5.41, 5.74) is 0.0853. The lowest BCUT2D eigenvalue weighted by molar-refractivity contribution is 0.00800. The second-order valence-electron chi connectivity index (χ2n) is 5.49. The minimum Gasteiger partial charge on any atom is -0.396 e. The number of hydrogen-bond acceptors (Lipinski definition) is 2. The molecule has 2 heteroatoms. The molecular weight excluding hydrogens is 188 g/mol. The van der Waals surface area contributed by atoms with Gasteiger partial charge < -0.3 is 9.84 Å². The fourth-order valence-corrected chi connectivity index (χ4v) is 3.33. The Kier molecular flexibility index (Phi) is 3.68. The molecule has 0 radical (unpaired) electrons. The third kappa shape index (κ3) is 2.36. The molecule has 1 aliphatic heterocycles. The zero-order chi connectivity index (χ0) is 10.7. The van der Waals surface area contributed by atoms with Crippen LogP contribution in [0.1, 0.15) is 51.9 Å². The van der Waals surface area contributed by atoms with Crippen LogP contribution in [0.3, 0.4) is 0 Å². The van der Waals surface area contributed by atoms with E-state index in [0.29, 0.717) is 6.61 Å². The average Bonchev–Trinajstić information content (AvgIpc) is 2.62. The van der Waals surface area contributed by atoms with E-state index in [-0.39, 0.29) is 11.5 Å². The minimum absolute atomic E-state index is 0.0853. The van der Waals surface area contributed by atoms with Crippen LogP contribution in [0.15, 0.2) is 0 Å². The van der Waals surface area contributed by atoms with E-state index in [1.165, 1.54) is 38.5 Å². The molecule has 0 amide bonds. The topological polar surface area (TPSA) is 29.5 Å². The van der Waals surface area contributed by atoms with Gasteiger partial charge in [-0.2, -0.15) is 0 Å². The summed E-state index contributed by atoms with van der Waals surface area (Å²) < 4.78 is 5.64. The highest BCUT2D eigenvalue weighted by Gasteiger charge is 2.42. The minimum atomic E-state index is 0.0853. The highest BCUT2D eigenvalue weighted by atomic mass is 16.5. The molecule has 1 heterocycles. The van der Waals surface area contributed by atoms with Crippen LogP contribution < -0.4 is 0 Å². The van der Waals surface area contributed by atoms with Crippen LogP contribution in [0.5, 0.6) is 0 Å². The van der Waals surface area contributed by atoms with Crippen LogP contribution >= 0.6 is 0 Å². The quantitative estimate of drug-likeness (QED) is 0.779. The van der Waals surface area contributed by atoms with Crippen LogP contribution in [0, 0.1) is 11.3 Å². The molecule has 2 nitrogen and oxygen atoms in total. The van der Waals surface area contributed by atoms with Crippen LogP contribution in [-0.2, 0) is 4.74 Å². The van der Waals surface area contributed by atoms with Crippen molar-refractivity contribution in [2.45, 2.75) is 58.0 Å². The number of aliphatic hydroxyl groups is 1. The van der Waals surface area contributed by atoms with E-state index < -0.39 is 0 Å². The van der Waals surface area contributed by atoms with Gasteiger partial charge in [-0.1, -0.05) is 32.1 Å². The largest absolute Gasteiger partial charge is 0.396 e. The van der Waals surface area contributed by atoms with Gasteiger partial charge in [-0.25, -0.2) is 0 Å². The summed E-state index contributed by atoms with van der Waals surface area (Å²) in [6, 6.07) is 0. The molecule has 2 unspecified atom stereocenters. The van der Waals surface area contributed by atoms with Gasteiger partial charge in [0.05, 0.1) is 12.7 Å². The lowest BCUT2D eigenvalue weighted by Crippen LogP contribution is -2.35. The Balaban J connectivity index is 1.94. The van der Waals surface area contributed by atoms with E-state index in [1.807, 2.05) is 0 Å². The lowest BCUT2D eigenvalue weighted by atomic mass is 9.71. The van der Waals surface area contributed by atoms with Gasteiger partial charge in [0.1, 0.15) is 0 Å². The van der Waals surface area contributed by atoms with Crippen LogP contribution in [-0.4, -0.2) is 24.4 Å². The first kappa shape index (κ1) is 11.4. The van der Waals surface area contributed by atoms with Crippen molar-refractivity contribution >= 4 is 0 Å². The van der Waals surface area contributed by atoms with Crippen LogP contribution in [0.4, 0.5) is 0 Å². The number of aliphatic hydroxyl groups excluding tert-OH is 1. The van der Waals surface area contributed by atoms with Gasteiger partial charge >= 0.3 is 0 Å². The first-order valence-corrected chi connectivity index (χ1v) is 6.49. The van der Waals surface area contributed by atoms with Crippen molar-refractivity contribution < 1.29 is 9.84 Å². The molecule has 2 fully saturated rings. The van der Waals surface area contributed by atoms with Crippen molar-refractivity contribution in [1.29, 1.82) is 0 Å². The molecule has 2 aliphatic rings. The summed E-state index contributed by atoms with van der Waals surface area (Å²) in [5, 5.41) is 9.64. The number of hydrogen-bond donors (Lipinski definition) is 1. The summed E-state index contributed by atoms with van der Waals surface area (Å²) in [4.78, 5) is 0. The molecule has 1 aliphatic carbocycles. The molecule has 0 spiro atoms. The van der Waals surface area contributed by atoms with Gasteiger partial charge in [-0.05, 0) is 25.7 Å².